The van der Waals surface area contributed by atoms with Gasteiger partial charge in [-0.2, -0.15) is 0 Å². The Hall–Kier alpha value is -1.84. The number of Topliss-reactive ketones (excluding diaryl/α,β-unsaturated/α-hetero) is 1. The van der Waals surface area contributed by atoms with Crippen molar-refractivity contribution in [2.24, 2.45) is 4.99 Å². The summed E-state index contributed by atoms with van der Waals surface area (Å²) < 4.78 is 10.2. The number of hydrogen-bond acceptors (Lipinski definition) is 4. The van der Waals surface area contributed by atoms with Crippen LogP contribution in [0, 0.1) is 0 Å². The van der Waals surface area contributed by atoms with Gasteiger partial charge in [-0.1, -0.05) is 0 Å². The molecule has 0 bridgehead atoms. The predicted molar refractivity (Wildman–Crippen MR) is 55.4 cm³/mol. The molecule has 0 aromatic heterocycles. The molecule has 1 heterocycles. The van der Waals surface area contributed by atoms with Crippen LogP contribution in [0.5, 0.6) is 5.75 Å². The Bertz CT molecular complexity index is 395. The van der Waals surface area contributed by atoms with Gasteiger partial charge in [0.05, 0.1) is 7.11 Å². The second kappa shape index (κ2) is 4.13. The first kappa shape index (κ1) is 9.71. The number of hydrogen-bond donors (Lipinski definition) is 0. The summed E-state index contributed by atoms with van der Waals surface area (Å²) in [7, 11) is 1.61. The van der Waals surface area contributed by atoms with Crippen molar-refractivity contribution < 1.29 is 14.3 Å². The summed E-state index contributed by atoms with van der Waals surface area (Å²) >= 11 is 0. The Morgan fingerprint density at radius 2 is 2.07 bits per heavy atom. The van der Waals surface area contributed by atoms with Gasteiger partial charge in [0.25, 0.3) is 0 Å². The number of ketones is 1. The van der Waals surface area contributed by atoms with Crippen LogP contribution < -0.4 is 4.74 Å². The Kier molecular flexibility index (Phi) is 2.67. The maximum atomic E-state index is 10.9. The minimum absolute atomic E-state index is 0.00672. The van der Waals surface area contributed by atoms with Crippen LogP contribution in [0.1, 0.15) is 5.56 Å². The summed E-state index contributed by atoms with van der Waals surface area (Å²) in [6.07, 6.45) is 0. The molecule has 0 N–H and O–H groups in total. The molecule has 0 saturated carbocycles. The van der Waals surface area contributed by atoms with Crippen LogP contribution in [-0.4, -0.2) is 31.9 Å². The molecule has 0 radical (unpaired) electrons. The first-order valence-electron chi connectivity index (χ1n) is 4.63. The van der Waals surface area contributed by atoms with Gasteiger partial charge in [0.1, 0.15) is 12.3 Å². The van der Waals surface area contributed by atoms with Gasteiger partial charge in [-0.05, 0) is 24.3 Å². The number of aliphatic imine (C=N–C) groups is 1. The van der Waals surface area contributed by atoms with Crippen molar-refractivity contribution in [3.63, 3.8) is 0 Å². The van der Waals surface area contributed by atoms with E-state index in [4.69, 9.17) is 9.47 Å². The fourth-order valence-electron chi connectivity index (χ4n) is 1.31. The highest BCUT2D eigenvalue weighted by atomic mass is 16.5. The largest absolute Gasteiger partial charge is 0.497 e. The molecular formula is C11H11NO3. The molecule has 0 aliphatic carbocycles. The predicted octanol–water partition coefficient (Wildman–Crippen LogP) is 1.04. The molecule has 0 saturated heterocycles. The molecule has 1 aliphatic heterocycles. The van der Waals surface area contributed by atoms with E-state index < -0.39 is 0 Å². The van der Waals surface area contributed by atoms with Crippen molar-refractivity contribution in [2.75, 3.05) is 20.3 Å². The van der Waals surface area contributed by atoms with E-state index in [1.54, 1.807) is 7.11 Å². The van der Waals surface area contributed by atoms with Crippen LogP contribution in [-0.2, 0) is 9.53 Å². The SMILES string of the molecule is COc1ccc(C2=NCC(=O)CO2)cc1. The highest BCUT2D eigenvalue weighted by Gasteiger charge is 2.13. The summed E-state index contributed by atoms with van der Waals surface area (Å²) in [6, 6.07) is 7.37. The van der Waals surface area contributed by atoms with Gasteiger partial charge in [0.2, 0.25) is 5.90 Å². The maximum Gasteiger partial charge on any atom is 0.216 e. The second-order valence-corrected chi connectivity index (χ2v) is 3.18. The maximum absolute atomic E-state index is 10.9. The van der Waals surface area contributed by atoms with Crippen molar-refractivity contribution in [3.8, 4) is 5.75 Å². The van der Waals surface area contributed by atoms with Gasteiger partial charge < -0.3 is 9.47 Å². The van der Waals surface area contributed by atoms with E-state index in [0.29, 0.717) is 5.90 Å². The Morgan fingerprint density at radius 3 is 2.60 bits per heavy atom. The van der Waals surface area contributed by atoms with Crippen LogP contribution in [0.2, 0.25) is 0 Å². The van der Waals surface area contributed by atoms with E-state index in [1.807, 2.05) is 24.3 Å². The van der Waals surface area contributed by atoms with Gasteiger partial charge in [0.15, 0.2) is 12.4 Å². The number of carbonyl (C=O) groups is 1. The van der Waals surface area contributed by atoms with E-state index in [2.05, 4.69) is 4.99 Å². The molecule has 0 unspecified atom stereocenters. The summed E-state index contributed by atoms with van der Waals surface area (Å²) in [6.45, 7) is 0.326. The standard InChI is InChI=1S/C11H11NO3/c1-14-10-4-2-8(3-5-10)11-12-6-9(13)7-15-11/h2-5H,6-7H2,1H3. The highest BCUT2D eigenvalue weighted by molar-refractivity contribution is 5.99. The van der Waals surface area contributed by atoms with E-state index in [0.717, 1.165) is 11.3 Å². The van der Waals surface area contributed by atoms with Crippen molar-refractivity contribution in [1.29, 1.82) is 0 Å². The van der Waals surface area contributed by atoms with Gasteiger partial charge in [-0.3, -0.25) is 4.79 Å². The van der Waals surface area contributed by atoms with E-state index in [1.165, 1.54) is 0 Å². The molecule has 0 atom stereocenters. The van der Waals surface area contributed by atoms with E-state index in [-0.39, 0.29) is 18.9 Å². The van der Waals surface area contributed by atoms with Gasteiger partial charge >= 0.3 is 0 Å². The number of ether oxygens (including phenoxy) is 2. The minimum Gasteiger partial charge on any atom is -0.497 e. The fraction of sp³-hybridized carbons (Fsp3) is 0.273. The van der Waals surface area contributed by atoms with Crippen LogP contribution in [0.25, 0.3) is 0 Å². The molecule has 2 rings (SSSR count). The number of rotatable bonds is 2. The molecule has 15 heavy (non-hydrogen) atoms. The lowest BCUT2D eigenvalue weighted by atomic mass is 10.2. The number of methoxy groups -OCH3 is 1. The Morgan fingerprint density at radius 1 is 1.33 bits per heavy atom. The summed E-state index contributed by atoms with van der Waals surface area (Å²) in [5.41, 5.74) is 0.864. The molecule has 0 fully saturated rings. The Labute approximate surface area is 87.5 Å². The van der Waals surface area contributed by atoms with Crippen LogP contribution >= 0.6 is 0 Å². The zero-order valence-electron chi connectivity index (χ0n) is 8.40. The number of carbonyl (C=O) groups excluding carboxylic acids is 1. The van der Waals surface area contributed by atoms with Crippen LogP contribution in [0.3, 0.4) is 0 Å². The Balaban J connectivity index is 2.19. The lowest BCUT2D eigenvalue weighted by Gasteiger charge is -2.13. The van der Waals surface area contributed by atoms with Crippen molar-refractivity contribution in [3.05, 3.63) is 29.8 Å². The molecule has 4 nitrogen and oxygen atoms in total. The van der Waals surface area contributed by atoms with Gasteiger partial charge in [-0.15, -0.1) is 0 Å². The smallest absolute Gasteiger partial charge is 0.216 e. The number of nitrogens with zero attached hydrogens (tertiary/aromatic N) is 1. The summed E-state index contributed by atoms with van der Waals surface area (Å²) in [5, 5.41) is 0. The van der Waals surface area contributed by atoms with E-state index in [9.17, 15) is 4.79 Å². The molecule has 1 aromatic rings. The van der Waals surface area contributed by atoms with Crippen LogP contribution in [0.15, 0.2) is 29.3 Å². The molecule has 0 spiro atoms. The second-order valence-electron chi connectivity index (χ2n) is 3.18. The lowest BCUT2D eigenvalue weighted by Crippen LogP contribution is -2.23. The normalized spacial score (nSPS) is 15.5. The monoisotopic (exact) mass is 205 g/mol. The number of benzene rings is 1. The topological polar surface area (TPSA) is 47.9 Å². The summed E-state index contributed by atoms with van der Waals surface area (Å²) in [5.74, 6) is 1.32. The highest BCUT2D eigenvalue weighted by Crippen LogP contribution is 2.13. The zero-order chi connectivity index (χ0) is 10.7. The van der Waals surface area contributed by atoms with Crippen molar-refractivity contribution >= 4 is 11.7 Å². The lowest BCUT2D eigenvalue weighted by molar-refractivity contribution is -0.120. The fourth-order valence-corrected chi connectivity index (χ4v) is 1.31. The average molecular weight is 205 g/mol. The molecule has 1 aliphatic rings. The van der Waals surface area contributed by atoms with Gasteiger partial charge in [-0.25, -0.2) is 4.99 Å². The van der Waals surface area contributed by atoms with Crippen molar-refractivity contribution in [1.82, 2.24) is 0 Å². The molecule has 0 amide bonds. The molecule has 4 heteroatoms. The van der Waals surface area contributed by atoms with Crippen LogP contribution in [0.4, 0.5) is 0 Å². The third-order valence-electron chi connectivity index (χ3n) is 2.11. The minimum atomic E-state index is 0.00672. The first-order chi connectivity index (χ1) is 7.29. The average Bonchev–Trinajstić information content (AvgIpc) is 2.30. The third kappa shape index (κ3) is 2.15. The quantitative estimate of drug-likeness (QED) is 0.724. The first-order valence-corrected chi connectivity index (χ1v) is 4.63. The zero-order valence-corrected chi connectivity index (χ0v) is 8.40. The third-order valence-corrected chi connectivity index (χ3v) is 2.11. The molecule has 78 valence electrons. The van der Waals surface area contributed by atoms with Gasteiger partial charge in [0, 0.05) is 5.56 Å². The molecular weight excluding hydrogens is 194 g/mol. The van der Waals surface area contributed by atoms with Crippen molar-refractivity contribution in [2.45, 2.75) is 0 Å². The summed E-state index contributed by atoms with van der Waals surface area (Å²) in [4.78, 5) is 14.9. The van der Waals surface area contributed by atoms with E-state index >= 15 is 0 Å². The molecule has 1 aromatic carbocycles.